The fraction of sp³-hybridized carbons (Fsp3) is 0.462. The molecule has 3 rings (SSSR count). The topological polar surface area (TPSA) is 90.0 Å². The summed E-state index contributed by atoms with van der Waals surface area (Å²) in [7, 11) is -1.09. The second kappa shape index (κ2) is 11.7. The van der Waals surface area contributed by atoms with E-state index in [0.29, 0.717) is 5.69 Å². The number of hydrogen-bond acceptors (Lipinski definition) is 4. The van der Waals surface area contributed by atoms with E-state index in [2.05, 4.69) is 5.32 Å². The summed E-state index contributed by atoms with van der Waals surface area (Å²) in [6.45, 7) is 3.44. The normalized spacial score (nSPS) is 15.1. The van der Waals surface area contributed by atoms with Gasteiger partial charge in [0.25, 0.3) is 0 Å². The third-order valence-electron chi connectivity index (χ3n) is 6.37. The van der Waals surface area contributed by atoms with Gasteiger partial charge in [-0.1, -0.05) is 60.9 Å². The summed E-state index contributed by atoms with van der Waals surface area (Å²) in [6.07, 6.45) is 4.04. The van der Waals surface area contributed by atoms with E-state index in [0.717, 1.165) is 45.4 Å². The summed E-state index contributed by atoms with van der Waals surface area (Å²) in [5, 5.41) is 3.07. The molecule has 0 aliphatic heterocycles. The lowest BCUT2D eigenvalue weighted by Gasteiger charge is -2.33. The Balaban J connectivity index is 1.90. The van der Waals surface area contributed by atoms with E-state index in [1.165, 1.54) is 19.0 Å². The lowest BCUT2D eigenvalue weighted by molar-refractivity contribution is -0.139. The van der Waals surface area contributed by atoms with Gasteiger partial charge in [0.15, 0.2) is 0 Å². The fourth-order valence-electron chi connectivity index (χ4n) is 4.29. The minimum absolute atomic E-state index is 0.121. The smallest absolute Gasteiger partial charge is 0.304 e. The Hall–Kier alpha value is -2.91. The van der Waals surface area contributed by atoms with Crippen molar-refractivity contribution in [3.8, 4) is 0 Å². The molecule has 190 valence electrons. The van der Waals surface area contributed by atoms with Crippen LogP contribution in [-0.4, -0.2) is 62.2 Å². The highest BCUT2D eigenvalue weighted by Gasteiger charge is 2.33. The molecular formula is C26H36N4O4S. The zero-order valence-corrected chi connectivity index (χ0v) is 21.8. The van der Waals surface area contributed by atoms with Crippen molar-refractivity contribution in [2.75, 3.05) is 24.9 Å². The number of carbonyl (C=O) groups is 2. The molecule has 0 heterocycles. The Morgan fingerprint density at radius 2 is 1.69 bits per heavy atom. The number of amides is 2. The Kier molecular flexibility index (Phi) is 8.91. The van der Waals surface area contributed by atoms with Crippen molar-refractivity contribution >= 4 is 27.7 Å². The van der Waals surface area contributed by atoms with E-state index in [9.17, 15) is 18.0 Å². The van der Waals surface area contributed by atoms with Gasteiger partial charge >= 0.3 is 10.2 Å². The van der Waals surface area contributed by atoms with Crippen LogP contribution < -0.4 is 9.62 Å². The first-order valence-electron chi connectivity index (χ1n) is 12.0. The highest BCUT2D eigenvalue weighted by Crippen LogP contribution is 2.21. The molecule has 35 heavy (non-hydrogen) atoms. The van der Waals surface area contributed by atoms with E-state index >= 15 is 0 Å². The first-order chi connectivity index (χ1) is 16.6. The SMILES string of the molecule is Cc1cccc(CN(C(=O)CN(c2ccccc2)S(=O)(=O)N(C)C)C(C)C(=O)NC2CCCC2)c1. The standard InChI is InChI=1S/C26H36N4O4S/c1-20-11-10-12-22(17-20)18-29(21(2)26(32)27-23-13-8-9-14-23)25(31)19-30(35(33,34)28(3)4)24-15-6-5-7-16-24/h5-7,10-12,15-17,21,23H,8-9,13-14,18-19H2,1-4H3,(H,27,32). The molecule has 1 aliphatic rings. The van der Waals surface area contributed by atoms with Crippen LogP contribution in [0.25, 0.3) is 0 Å². The van der Waals surface area contributed by atoms with Crippen molar-refractivity contribution in [2.45, 2.75) is 58.2 Å². The number of rotatable bonds is 10. The van der Waals surface area contributed by atoms with Crippen LogP contribution >= 0.6 is 0 Å². The Morgan fingerprint density at radius 1 is 1.03 bits per heavy atom. The van der Waals surface area contributed by atoms with E-state index < -0.39 is 28.7 Å². The average Bonchev–Trinajstić information content (AvgIpc) is 3.33. The summed E-state index contributed by atoms with van der Waals surface area (Å²) < 4.78 is 28.4. The molecule has 0 spiro atoms. The molecule has 0 bridgehead atoms. The third kappa shape index (κ3) is 6.82. The first-order valence-corrected chi connectivity index (χ1v) is 13.4. The number of aryl methyl sites for hydroxylation is 1. The van der Waals surface area contributed by atoms with Crippen LogP contribution in [0, 0.1) is 6.92 Å². The van der Waals surface area contributed by atoms with E-state index in [4.69, 9.17) is 0 Å². The summed E-state index contributed by atoms with van der Waals surface area (Å²) in [6, 6.07) is 15.6. The van der Waals surface area contributed by atoms with Crippen molar-refractivity contribution in [1.82, 2.24) is 14.5 Å². The van der Waals surface area contributed by atoms with Crippen molar-refractivity contribution in [2.24, 2.45) is 0 Å². The summed E-state index contributed by atoms with van der Waals surface area (Å²) in [5.74, 6) is -0.672. The monoisotopic (exact) mass is 500 g/mol. The maximum Gasteiger partial charge on any atom is 0.304 e. The van der Waals surface area contributed by atoms with Crippen LogP contribution in [0.5, 0.6) is 0 Å². The zero-order chi connectivity index (χ0) is 25.6. The molecule has 0 saturated heterocycles. The quantitative estimate of drug-likeness (QED) is 0.543. The maximum atomic E-state index is 13.7. The van der Waals surface area contributed by atoms with Gasteiger partial charge in [0.2, 0.25) is 11.8 Å². The van der Waals surface area contributed by atoms with Crippen molar-refractivity contribution in [3.63, 3.8) is 0 Å². The fourth-order valence-corrected chi connectivity index (χ4v) is 5.35. The number of benzene rings is 2. The molecule has 1 aliphatic carbocycles. The van der Waals surface area contributed by atoms with Gasteiger partial charge < -0.3 is 10.2 Å². The summed E-state index contributed by atoms with van der Waals surface area (Å²) in [4.78, 5) is 28.3. The van der Waals surface area contributed by atoms with Crippen LogP contribution in [0.15, 0.2) is 54.6 Å². The van der Waals surface area contributed by atoms with Gasteiger partial charge in [0.05, 0.1) is 5.69 Å². The Morgan fingerprint density at radius 3 is 2.29 bits per heavy atom. The summed E-state index contributed by atoms with van der Waals surface area (Å²) in [5.41, 5.74) is 2.30. The van der Waals surface area contributed by atoms with Gasteiger partial charge in [-0.3, -0.25) is 9.59 Å². The predicted octanol–water partition coefficient (Wildman–Crippen LogP) is 3.08. The van der Waals surface area contributed by atoms with Crippen LogP contribution in [0.3, 0.4) is 0 Å². The molecular weight excluding hydrogens is 464 g/mol. The van der Waals surface area contributed by atoms with Crippen LogP contribution in [0.2, 0.25) is 0 Å². The number of hydrogen-bond donors (Lipinski definition) is 1. The minimum atomic E-state index is -3.95. The number of anilines is 1. The van der Waals surface area contributed by atoms with Crippen LogP contribution in [0.1, 0.15) is 43.7 Å². The van der Waals surface area contributed by atoms with Gasteiger partial charge in [0, 0.05) is 26.7 Å². The molecule has 8 nitrogen and oxygen atoms in total. The molecule has 0 radical (unpaired) electrons. The molecule has 1 atom stereocenters. The van der Waals surface area contributed by atoms with Gasteiger partial charge in [-0.2, -0.15) is 12.7 Å². The minimum Gasteiger partial charge on any atom is -0.352 e. The average molecular weight is 501 g/mol. The van der Waals surface area contributed by atoms with Gasteiger partial charge in [-0.15, -0.1) is 0 Å². The van der Waals surface area contributed by atoms with Crippen molar-refractivity contribution in [3.05, 3.63) is 65.7 Å². The molecule has 1 saturated carbocycles. The number of nitrogens with one attached hydrogen (secondary N) is 1. The largest absolute Gasteiger partial charge is 0.352 e. The third-order valence-corrected chi connectivity index (χ3v) is 8.19. The summed E-state index contributed by atoms with van der Waals surface area (Å²) >= 11 is 0. The number of nitrogens with zero attached hydrogens (tertiary/aromatic N) is 3. The molecule has 2 aromatic rings. The van der Waals surface area contributed by atoms with Crippen LogP contribution in [0.4, 0.5) is 5.69 Å². The Labute approximate surface area is 209 Å². The van der Waals surface area contributed by atoms with Gasteiger partial charge in [-0.05, 0) is 44.4 Å². The van der Waals surface area contributed by atoms with E-state index in [-0.39, 0.29) is 18.5 Å². The molecule has 9 heteroatoms. The molecule has 1 N–H and O–H groups in total. The molecule has 0 aromatic heterocycles. The predicted molar refractivity (Wildman–Crippen MR) is 138 cm³/mol. The maximum absolute atomic E-state index is 13.7. The van der Waals surface area contributed by atoms with Crippen molar-refractivity contribution in [1.29, 1.82) is 0 Å². The zero-order valence-electron chi connectivity index (χ0n) is 21.0. The second-order valence-corrected chi connectivity index (χ2v) is 11.4. The van der Waals surface area contributed by atoms with E-state index in [1.54, 1.807) is 37.3 Å². The lowest BCUT2D eigenvalue weighted by Crippen LogP contribution is -2.53. The Bertz CT molecular complexity index is 1120. The van der Waals surface area contributed by atoms with Crippen molar-refractivity contribution < 1.29 is 18.0 Å². The second-order valence-electron chi connectivity index (χ2n) is 9.31. The number of carbonyl (C=O) groups excluding carboxylic acids is 2. The van der Waals surface area contributed by atoms with E-state index in [1.807, 2.05) is 31.2 Å². The number of para-hydroxylation sites is 1. The van der Waals surface area contributed by atoms with Gasteiger partial charge in [-0.25, -0.2) is 4.31 Å². The highest BCUT2D eigenvalue weighted by atomic mass is 32.2. The molecule has 2 amide bonds. The van der Waals surface area contributed by atoms with Gasteiger partial charge in [0.1, 0.15) is 12.6 Å². The molecule has 2 aromatic carbocycles. The highest BCUT2D eigenvalue weighted by molar-refractivity contribution is 7.90. The molecule has 1 unspecified atom stereocenters. The lowest BCUT2D eigenvalue weighted by atomic mass is 10.1. The first kappa shape index (κ1) is 26.7. The van der Waals surface area contributed by atoms with Crippen LogP contribution in [-0.2, 0) is 26.3 Å². The molecule has 1 fully saturated rings.